The summed E-state index contributed by atoms with van der Waals surface area (Å²) in [6, 6.07) is 9.43. The minimum absolute atomic E-state index is 0.681. The lowest BCUT2D eigenvalue weighted by atomic mass is 10.0. The van der Waals surface area contributed by atoms with Crippen LogP contribution < -0.4 is 10.2 Å². The highest BCUT2D eigenvalue weighted by Crippen LogP contribution is 2.25. The molecule has 1 saturated heterocycles. The molecule has 0 unspecified atom stereocenters. The Bertz CT molecular complexity index is 383. The molecule has 1 aromatic carbocycles. The molecule has 0 saturated carbocycles. The number of nitrogens with one attached hydrogen (secondary N) is 1. The summed E-state index contributed by atoms with van der Waals surface area (Å²) in [5.74, 6) is 0. The first kappa shape index (κ1) is 14.4. The van der Waals surface area contributed by atoms with Crippen molar-refractivity contribution >= 4 is 5.69 Å². The van der Waals surface area contributed by atoms with Crippen LogP contribution in [-0.4, -0.2) is 44.7 Å². The second kappa shape index (κ2) is 6.92. The monoisotopic (exact) mass is 261 g/mol. The predicted molar refractivity (Wildman–Crippen MR) is 82.7 cm³/mol. The smallest absolute Gasteiger partial charge is 0.0411 e. The SMILES string of the molecule is CCN1CCC(N(C)c2ccccc2CNC)CC1. The third-order valence-corrected chi connectivity index (χ3v) is 4.29. The zero-order valence-corrected chi connectivity index (χ0v) is 12.5. The molecule has 1 fully saturated rings. The van der Waals surface area contributed by atoms with Crippen molar-refractivity contribution in [2.45, 2.75) is 32.4 Å². The van der Waals surface area contributed by atoms with E-state index in [-0.39, 0.29) is 0 Å². The van der Waals surface area contributed by atoms with E-state index in [1.165, 1.54) is 43.7 Å². The summed E-state index contributed by atoms with van der Waals surface area (Å²) in [7, 11) is 4.26. The highest BCUT2D eigenvalue weighted by Gasteiger charge is 2.22. The Morgan fingerprint density at radius 2 is 1.95 bits per heavy atom. The summed E-state index contributed by atoms with van der Waals surface area (Å²) in [4.78, 5) is 5.03. The maximum Gasteiger partial charge on any atom is 0.0411 e. The van der Waals surface area contributed by atoms with Crippen LogP contribution in [0.4, 0.5) is 5.69 Å². The topological polar surface area (TPSA) is 18.5 Å². The molecule has 1 aliphatic heterocycles. The van der Waals surface area contributed by atoms with E-state index in [0.29, 0.717) is 6.04 Å². The fraction of sp³-hybridized carbons (Fsp3) is 0.625. The molecule has 0 aromatic heterocycles. The Morgan fingerprint density at radius 3 is 2.58 bits per heavy atom. The number of anilines is 1. The number of para-hydroxylation sites is 1. The van der Waals surface area contributed by atoms with Gasteiger partial charge in [-0.15, -0.1) is 0 Å². The maximum absolute atomic E-state index is 3.26. The van der Waals surface area contributed by atoms with Crippen molar-refractivity contribution < 1.29 is 0 Å². The van der Waals surface area contributed by atoms with Crippen molar-refractivity contribution in [3.63, 3.8) is 0 Å². The number of nitrogens with zero attached hydrogens (tertiary/aromatic N) is 2. The molecule has 1 aromatic rings. The van der Waals surface area contributed by atoms with Gasteiger partial charge in [0.1, 0.15) is 0 Å². The van der Waals surface area contributed by atoms with E-state index in [0.717, 1.165) is 6.54 Å². The number of piperidine rings is 1. The Labute approximate surface area is 117 Å². The molecule has 0 atom stereocenters. The lowest BCUT2D eigenvalue weighted by Crippen LogP contribution is -2.43. The van der Waals surface area contributed by atoms with Crippen molar-refractivity contribution in [1.29, 1.82) is 0 Å². The number of rotatable bonds is 5. The molecule has 106 valence electrons. The highest BCUT2D eigenvalue weighted by molar-refractivity contribution is 5.53. The van der Waals surface area contributed by atoms with E-state index in [2.05, 4.69) is 53.4 Å². The Balaban J connectivity index is 2.05. The minimum Gasteiger partial charge on any atom is -0.371 e. The van der Waals surface area contributed by atoms with E-state index in [9.17, 15) is 0 Å². The largest absolute Gasteiger partial charge is 0.371 e. The molecule has 1 heterocycles. The number of likely N-dealkylation sites (tertiary alicyclic amines) is 1. The molecule has 0 bridgehead atoms. The zero-order chi connectivity index (χ0) is 13.7. The van der Waals surface area contributed by atoms with E-state index in [1.54, 1.807) is 0 Å². The summed E-state index contributed by atoms with van der Waals surface area (Å²) in [5.41, 5.74) is 2.78. The van der Waals surface area contributed by atoms with Crippen LogP contribution >= 0.6 is 0 Å². The van der Waals surface area contributed by atoms with Gasteiger partial charge in [0.25, 0.3) is 0 Å². The second-order valence-corrected chi connectivity index (χ2v) is 5.44. The van der Waals surface area contributed by atoms with Crippen LogP contribution in [0.2, 0.25) is 0 Å². The van der Waals surface area contributed by atoms with Gasteiger partial charge in [0, 0.05) is 38.4 Å². The van der Waals surface area contributed by atoms with Crippen molar-refractivity contribution in [3.8, 4) is 0 Å². The van der Waals surface area contributed by atoms with Gasteiger partial charge >= 0.3 is 0 Å². The second-order valence-electron chi connectivity index (χ2n) is 5.44. The summed E-state index contributed by atoms with van der Waals surface area (Å²) in [6.07, 6.45) is 2.55. The third kappa shape index (κ3) is 3.48. The van der Waals surface area contributed by atoms with Gasteiger partial charge in [0.2, 0.25) is 0 Å². The summed E-state index contributed by atoms with van der Waals surface area (Å²) in [6.45, 7) is 6.85. The van der Waals surface area contributed by atoms with Crippen molar-refractivity contribution in [2.24, 2.45) is 0 Å². The Hall–Kier alpha value is -1.06. The molecule has 19 heavy (non-hydrogen) atoms. The van der Waals surface area contributed by atoms with Crippen LogP contribution in [-0.2, 0) is 6.54 Å². The number of hydrogen-bond acceptors (Lipinski definition) is 3. The molecular weight excluding hydrogens is 234 g/mol. The van der Waals surface area contributed by atoms with Gasteiger partial charge in [-0.1, -0.05) is 25.1 Å². The fourth-order valence-electron chi connectivity index (χ4n) is 3.01. The van der Waals surface area contributed by atoms with Crippen LogP contribution in [0.15, 0.2) is 24.3 Å². The minimum atomic E-state index is 0.681. The Morgan fingerprint density at radius 1 is 1.26 bits per heavy atom. The molecule has 0 aliphatic carbocycles. The van der Waals surface area contributed by atoms with E-state index in [4.69, 9.17) is 0 Å². The Kier molecular flexibility index (Phi) is 5.23. The first-order chi connectivity index (χ1) is 9.26. The maximum atomic E-state index is 3.26. The van der Waals surface area contributed by atoms with Crippen LogP contribution in [0.1, 0.15) is 25.3 Å². The highest BCUT2D eigenvalue weighted by atomic mass is 15.2. The molecule has 0 amide bonds. The van der Waals surface area contributed by atoms with Gasteiger partial charge < -0.3 is 15.1 Å². The normalized spacial score (nSPS) is 17.6. The molecule has 3 nitrogen and oxygen atoms in total. The molecule has 1 aliphatic rings. The summed E-state index contributed by atoms with van der Waals surface area (Å²) in [5, 5.41) is 3.26. The zero-order valence-electron chi connectivity index (χ0n) is 12.5. The lowest BCUT2D eigenvalue weighted by Gasteiger charge is -2.38. The third-order valence-electron chi connectivity index (χ3n) is 4.29. The van der Waals surface area contributed by atoms with Crippen LogP contribution in [0, 0.1) is 0 Å². The standard InChI is InChI=1S/C16H27N3/c1-4-19-11-9-15(10-12-19)18(3)16-8-6-5-7-14(16)13-17-2/h5-8,15,17H,4,9-13H2,1-3H3. The van der Waals surface area contributed by atoms with Crippen LogP contribution in [0.5, 0.6) is 0 Å². The van der Waals surface area contributed by atoms with Gasteiger partial charge in [-0.2, -0.15) is 0 Å². The van der Waals surface area contributed by atoms with Crippen LogP contribution in [0.3, 0.4) is 0 Å². The van der Waals surface area contributed by atoms with Gasteiger partial charge in [-0.25, -0.2) is 0 Å². The average Bonchev–Trinajstić information content (AvgIpc) is 2.47. The fourth-order valence-corrected chi connectivity index (χ4v) is 3.01. The molecule has 2 rings (SSSR count). The van der Waals surface area contributed by atoms with E-state index >= 15 is 0 Å². The average molecular weight is 261 g/mol. The molecule has 3 heteroatoms. The number of benzene rings is 1. The van der Waals surface area contributed by atoms with Crippen LogP contribution in [0.25, 0.3) is 0 Å². The quantitative estimate of drug-likeness (QED) is 0.877. The van der Waals surface area contributed by atoms with E-state index < -0.39 is 0 Å². The van der Waals surface area contributed by atoms with Gasteiger partial charge in [0.15, 0.2) is 0 Å². The lowest BCUT2D eigenvalue weighted by molar-refractivity contribution is 0.221. The predicted octanol–water partition coefficient (Wildman–Crippen LogP) is 2.33. The summed E-state index contributed by atoms with van der Waals surface area (Å²) < 4.78 is 0. The molecule has 1 N–H and O–H groups in total. The van der Waals surface area contributed by atoms with Crippen molar-refractivity contribution in [3.05, 3.63) is 29.8 Å². The first-order valence-corrected chi connectivity index (χ1v) is 7.44. The van der Waals surface area contributed by atoms with E-state index in [1.807, 2.05) is 7.05 Å². The van der Waals surface area contributed by atoms with Gasteiger partial charge in [-0.05, 0) is 38.1 Å². The molecule has 0 spiro atoms. The van der Waals surface area contributed by atoms with Crippen molar-refractivity contribution in [1.82, 2.24) is 10.2 Å². The van der Waals surface area contributed by atoms with Crippen molar-refractivity contribution in [2.75, 3.05) is 38.6 Å². The van der Waals surface area contributed by atoms with Gasteiger partial charge in [-0.3, -0.25) is 0 Å². The summed E-state index contributed by atoms with van der Waals surface area (Å²) >= 11 is 0. The first-order valence-electron chi connectivity index (χ1n) is 7.44. The van der Waals surface area contributed by atoms with Gasteiger partial charge in [0.05, 0.1) is 0 Å². The molecular formula is C16H27N3. The molecule has 0 radical (unpaired) electrons. The number of hydrogen-bond donors (Lipinski definition) is 1.